The van der Waals surface area contributed by atoms with E-state index in [4.69, 9.17) is 15.0 Å². The van der Waals surface area contributed by atoms with E-state index in [0.717, 1.165) is 36.4 Å². The molecule has 0 atom stereocenters. The molecule has 312 valence electrons. The van der Waals surface area contributed by atoms with Crippen molar-refractivity contribution in [3.05, 3.63) is 175 Å². The highest BCUT2D eigenvalue weighted by atomic mass is 19.4. The molecule has 0 amide bonds. The van der Waals surface area contributed by atoms with E-state index < -0.39 is 35.2 Å². The van der Waals surface area contributed by atoms with Crippen LogP contribution in [-0.2, 0) is 18.5 Å². The van der Waals surface area contributed by atoms with Crippen LogP contribution in [0, 0.1) is 0 Å². The maximum absolute atomic E-state index is 14.2. The molecule has 0 bridgehead atoms. The standard InChI is InChI=1S/C47H26F9N7/c48-45(49,50)30-9-5-12-33(24-30)61-38-17-3-1-15-36(38)58-42(61)27-21-28(43-59-37-16-2-4-18-39(37)62(43)34-13-6-10-31(25-34)46(51,52)53)23-29(22-27)44-60-41-40(19-8-20-57-41)63(44)35-14-7-11-32(26-35)47(54,55)56/h1-26H. The third-order valence-corrected chi connectivity index (χ3v) is 10.6. The van der Waals surface area contributed by atoms with Crippen LogP contribution in [0.3, 0.4) is 0 Å². The molecule has 10 rings (SSSR count). The molecule has 0 N–H and O–H groups in total. The molecule has 0 spiro atoms. The van der Waals surface area contributed by atoms with Gasteiger partial charge in [-0.2, -0.15) is 39.5 Å². The second-order valence-corrected chi connectivity index (χ2v) is 14.6. The minimum Gasteiger partial charge on any atom is -0.292 e. The number of hydrogen-bond donors (Lipinski definition) is 0. The Labute approximate surface area is 350 Å². The summed E-state index contributed by atoms with van der Waals surface area (Å²) in [5.41, 5.74) is 0.778. The Morgan fingerprint density at radius 3 is 1.13 bits per heavy atom. The summed E-state index contributed by atoms with van der Waals surface area (Å²) in [6.45, 7) is 0. The number of alkyl halides is 9. The smallest absolute Gasteiger partial charge is 0.292 e. The molecule has 0 aliphatic heterocycles. The van der Waals surface area contributed by atoms with Crippen molar-refractivity contribution in [3.8, 4) is 51.2 Å². The molecule has 0 aliphatic carbocycles. The Bertz CT molecular complexity index is 3020. The van der Waals surface area contributed by atoms with Crippen molar-refractivity contribution < 1.29 is 39.5 Å². The van der Waals surface area contributed by atoms with Crippen molar-refractivity contribution in [1.29, 1.82) is 0 Å². The maximum atomic E-state index is 14.2. The maximum Gasteiger partial charge on any atom is 0.416 e. The van der Waals surface area contributed by atoms with Crippen molar-refractivity contribution >= 4 is 33.2 Å². The summed E-state index contributed by atoms with van der Waals surface area (Å²) in [5.74, 6) is 0.454. The molecular formula is C47H26F9N7. The first-order valence-electron chi connectivity index (χ1n) is 19.1. The van der Waals surface area contributed by atoms with Gasteiger partial charge in [-0.05, 0) is 109 Å². The average Bonchev–Trinajstić information content (AvgIpc) is 3.98. The number of fused-ring (bicyclic) bond motifs is 3. The van der Waals surface area contributed by atoms with E-state index >= 15 is 0 Å². The van der Waals surface area contributed by atoms with E-state index in [0.29, 0.717) is 38.7 Å². The molecule has 16 heteroatoms. The Kier molecular flexibility index (Phi) is 9.02. The second-order valence-electron chi connectivity index (χ2n) is 14.6. The lowest BCUT2D eigenvalue weighted by Gasteiger charge is -2.17. The number of rotatable bonds is 6. The third kappa shape index (κ3) is 7.02. The summed E-state index contributed by atoms with van der Waals surface area (Å²) >= 11 is 0. The summed E-state index contributed by atoms with van der Waals surface area (Å²) in [6, 6.07) is 36.0. The van der Waals surface area contributed by atoms with Crippen LogP contribution >= 0.6 is 0 Å². The van der Waals surface area contributed by atoms with E-state index in [-0.39, 0.29) is 45.7 Å². The molecule has 4 aromatic heterocycles. The second kappa shape index (κ2) is 14.4. The molecular weight excluding hydrogens is 834 g/mol. The molecule has 0 fully saturated rings. The number of pyridine rings is 1. The molecule has 6 aromatic carbocycles. The molecule has 0 unspecified atom stereocenters. The van der Waals surface area contributed by atoms with Crippen molar-refractivity contribution in [2.75, 3.05) is 0 Å². The zero-order valence-corrected chi connectivity index (χ0v) is 32.0. The number of hydrogen-bond acceptors (Lipinski definition) is 4. The number of para-hydroxylation sites is 4. The topological polar surface area (TPSA) is 66.3 Å². The first kappa shape index (κ1) is 39.4. The number of nitrogens with zero attached hydrogens (tertiary/aromatic N) is 7. The minimum absolute atomic E-state index is 0.0923. The zero-order valence-electron chi connectivity index (χ0n) is 32.0. The lowest BCUT2D eigenvalue weighted by Crippen LogP contribution is -2.07. The van der Waals surface area contributed by atoms with Gasteiger partial charge in [-0.3, -0.25) is 13.7 Å². The van der Waals surface area contributed by atoms with E-state index in [9.17, 15) is 39.5 Å². The first-order chi connectivity index (χ1) is 30.1. The monoisotopic (exact) mass is 859 g/mol. The Balaban J connectivity index is 1.31. The highest BCUT2D eigenvalue weighted by molar-refractivity contribution is 5.89. The van der Waals surface area contributed by atoms with Gasteiger partial charge in [-0.1, -0.05) is 42.5 Å². The van der Waals surface area contributed by atoms with Gasteiger partial charge in [0.1, 0.15) is 17.5 Å². The fraction of sp³-hybridized carbons (Fsp3) is 0.0638. The van der Waals surface area contributed by atoms with Gasteiger partial charge in [-0.25, -0.2) is 19.9 Å². The summed E-state index contributed by atoms with van der Waals surface area (Å²) < 4.78 is 132. The molecule has 7 nitrogen and oxygen atoms in total. The van der Waals surface area contributed by atoms with E-state index in [1.165, 1.54) is 47.2 Å². The van der Waals surface area contributed by atoms with Crippen LogP contribution in [0.5, 0.6) is 0 Å². The predicted octanol–water partition coefficient (Wildman–Crippen LogP) is 13.2. The fourth-order valence-electron chi connectivity index (χ4n) is 7.81. The normalized spacial score (nSPS) is 12.5. The van der Waals surface area contributed by atoms with Crippen LogP contribution in [0.4, 0.5) is 39.5 Å². The van der Waals surface area contributed by atoms with Crippen molar-refractivity contribution in [3.63, 3.8) is 0 Å². The Hall–Kier alpha value is -7.75. The van der Waals surface area contributed by atoms with Crippen molar-refractivity contribution in [2.45, 2.75) is 18.5 Å². The Morgan fingerprint density at radius 1 is 0.349 bits per heavy atom. The molecule has 4 heterocycles. The molecule has 10 aromatic rings. The van der Waals surface area contributed by atoms with E-state index in [2.05, 4.69) is 4.98 Å². The zero-order chi connectivity index (χ0) is 43.8. The molecule has 63 heavy (non-hydrogen) atoms. The summed E-state index contributed by atoms with van der Waals surface area (Å²) in [7, 11) is 0. The van der Waals surface area contributed by atoms with Crippen LogP contribution in [0.15, 0.2) is 158 Å². The van der Waals surface area contributed by atoms with Crippen LogP contribution in [0.1, 0.15) is 16.7 Å². The molecule has 0 radical (unpaired) electrons. The van der Waals surface area contributed by atoms with Crippen molar-refractivity contribution in [2.24, 2.45) is 0 Å². The lowest BCUT2D eigenvalue weighted by molar-refractivity contribution is -0.138. The number of imidazole rings is 3. The van der Waals surface area contributed by atoms with Gasteiger partial charge in [0.15, 0.2) is 5.65 Å². The number of halogens is 9. The summed E-state index contributed by atoms with van der Waals surface area (Å²) in [5, 5.41) is 0. The van der Waals surface area contributed by atoms with Gasteiger partial charge in [0.25, 0.3) is 0 Å². The van der Waals surface area contributed by atoms with Gasteiger partial charge in [-0.15, -0.1) is 0 Å². The van der Waals surface area contributed by atoms with Gasteiger partial charge in [0, 0.05) is 39.9 Å². The van der Waals surface area contributed by atoms with Gasteiger partial charge in [0.2, 0.25) is 0 Å². The number of benzene rings is 6. The molecule has 0 saturated heterocycles. The average molecular weight is 860 g/mol. The summed E-state index contributed by atoms with van der Waals surface area (Å²) in [4.78, 5) is 19.0. The van der Waals surface area contributed by atoms with Crippen molar-refractivity contribution in [1.82, 2.24) is 33.6 Å². The summed E-state index contributed by atoms with van der Waals surface area (Å²) in [6.07, 6.45) is -12.6. The molecule has 0 saturated carbocycles. The van der Waals surface area contributed by atoms with E-state index in [1.54, 1.807) is 88.0 Å². The fourth-order valence-corrected chi connectivity index (χ4v) is 7.81. The van der Waals surface area contributed by atoms with E-state index in [1.807, 2.05) is 0 Å². The predicted molar refractivity (Wildman–Crippen MR) is 219 cm³/mol. The Morgan fingerprint density at radius 2 is 0.714 bits per heavy atom. The highest BCUT2D eigenvalue weighted by Crippen LogP contribution is 2.41. The van der Waals surface area contributed by atoms with Crippen LogP contribution in [-0.4, -0.2) is 33.6 Å². The van der Waals surface area contributed by atoms with Crippen LogP contribution in [0.25, 0.3) is 84.5 Å². The quantitative estimate of drug-likeness (QED) is 0.156. The van der Waals surface area contributed by atoms with Gasteiger partial charge in [0.05, 0.1) is 44.3 Å². The minimum atomic E-state index is -4.69. The number of aromatic nitrogens is 7. The largest absolute Gasteiger partial charge is 0.416 e. The van der Waals surface area contributed by atoms with Gasteiger partial charge >= 0.3 is 18.5 Å². The molecule has 0 aliphatic rings. The SMILES string of the molecule is FC(F)(F)c1cccc(-n2c(-c3cc(-c4nc5ccccc5n4-c4cccc(C(F)(F)F)c4)cc(-c4nc5ncccc5n4-c4cccc(C(F)(F)F)c4)c3)nc3ccccc32)c1. The lowest BCUT2D eigenvalue weighted by atomic mass is 10.0. The first-order valence-corrected chi connectivity index (χ1v) is 19.1. The van der Waals surface area contributed by atoms with Gasteiger partial charge < -0.3 is 0 Å². The third-order valence-electron chi connectivity index (χ3n) is 10.6. The highest BCUT2D eigenvalue weighted by Gasteiger charge is 2.33. The van der Waals surface area contributed by atoms with Crippen LogP contribution in [0.2, 0.25) is 0 Å². The van der Waals surface area contributed by atoms with Crippen LogP contribution < -0.4 is 0 Å².